The zero-order chi connectivity index (χ0) is 14.8. The molecule has 0 heterocycles. The molecule has 1 N–H and O–H groups in total. The summed E-state index contributed by atoms with van der Waals surface area (Å²) in [5, 5.41) is 11.7. The van der Waals surface area contributed by atoms with E-state index in [2.05, 4.69) is 18.3 Å². The number of rotatable bonds is 8. The number of hydrogen-bond donors (Lipinski definition) is 1. The average Bonchev–Trinajstić information content (AvgIpc) is 2.44. The first kappa shape index (κ1) is 16.0. The highest BCUT2D eigenvalue weighted by molar-refractivity contribution is 5.81. The first-order chi connectivity index (χ1) is 9.67. The molecule has 0 aliphatic heterocycles. The van der Waals surface area contributed by atoms with Crippen molar-refractivity contribution in [3.05, 3.63) is 30.3 Å². The Hall–Kier alpha value is -2.02. The molecule has 1 amide bonds. The van der Waals surface area contributed by atoms with E-state index in [-0.39, 0.29) is 11.9 Å². The summed E-state index contributed by atoms with van der Waals surface area (Å²) in [6.45, 7) is 4.98. The number of benzene rings is 1. The summed E-state index contributed by atoms with van der Waals surface area (Å²) in [7, 11) is 0. The van der Waals surface area contributed by atoms with Crippen LogP contribution < -0.4 is 10.2 Å². The lowest BCUT2D eigenvalue weighted by atomic mass is 10.2. The Morgan fingerprint density at radius 1 is 1.40 bits per heavy atom. The molecule has 0 aliphatic carbocycles. The Balaban J connectivity index is 2.61. The third-order valence-electron chi connectivity index (χ3n) is 3.08. The number of nitriles is 1. The quantitative estimate of drug-likeness (QED) is 0.792. The standard InChI is InChI=1S/C16H23N3O/c1-3-8-14(2)18-16(20)13-19(12-7-11-17)15-9-5-4-6-10-15/h4-6,9-10,14H,3,7-8,12-13H2,1-2H3,(H,18,20). The summed E-state index contributed by atoms with van der Waals surface area (Å²) in [4.78, 5) is 14.0. The first-order valence-corrected chi connectivity index (χ1v) is 7.13. The van der Waals surface area contributed by atoms with Crippen molar-refractivity contribution in [2.45, 2.75) is 39.2 Å². The van der Waals surface area contributed by atoms with Crippen LogP contribution in [0.25, 0.3) is 0 Å². The molecule has 1 aromatic carbocycles. The van der Waals surface area contributed by atoms with Gasteiger partial charge in [0.2, 0.25) is 5.91 Å². The molecule has 20 heavy (non-hydrogen) atoms. The molecule has 1 aromatic rings. The Morgan fingerprint density at radius 2 is 2.10 bits per heavy atom. The second-order valence-electron chi connectivity index (χ2n) is 4.92. The number of para-hydroxylation sites is 1. The van der Waals surface area contributed by atoms with Crippen LogP contribution >= 0.6 is 0 Å². The Bertz CT molecular complexity index is 439. The minimum atomic E-state index is 0.00717. The molecule has 1 atom stereocenters. The van der Waals surface area contributed by atoms with E-state index in [0.29, 0.717) is 19.5 Å². The maximum absolute atomic E-state index is 12.0. The number of nitrogens with zero attached hydrogens (tertiary/aromatic N) is 2. The van der Waals surface area contributed by atoms with Crippen LogP contribution in [0.4, 0.5) is 5.69 Å². The maximum atomic E-state index is 12.0. The Kier molecular flexibility index (Phi) is 7.20. The molecular formula is C16H23N3O. The second-order valence-corrected chi connectivity index (χ2v) is 4.92. The Morgan fingerprint density at radius 3 is 2.70 bits per heavy atom. The van der Waals surface area contributed by atoms with Gasteiger partial charge >= 0.3 is 0 Å². The minimum Gasteiger partial charge on any atom is -0.361 e. The van der Waals surface area contributed by atoms with E-state index in [1.807, 2.05) is 42.2 Å². The number of amides is 1. The van der Waals surface area contributed by atoms with Gasteiger partial charge in [-0.2, -0.15) is 5.26 Å². The van der Waals surface area contributed by atoms with Crippen molar-refractivity contribution in [3.63, 3.8) is 0 Å². The van der Waals surface area contributed by atoms with Gasteiger partial charge in [0.15, 0.2) is 0 Å². The van der Waals surface area contributed by atoms with E-state index >= 15 is 0 Å². The van der Waals surface area contributed by atoms with Gasteiger partial charge < -0.3 is 10.2 Å². The van der Waals surface area contributed by atoms with Gasteiger partial charge in [-0.3, -0.25) is 4.79 Å². The largest absolute Gasteiger partial charge is 0.361 e. The van der Waals surface area contributed by atoms with Crippen molar-refractivity contribution in [1.82, 2.24) is 5.32 Å². The van der Waals surface area contributed by atoms with Gasteiger partial charge in [-0.15, -0.1) is 0 Å². The lowest BCUT2D eigenvalue weighted by molar-refractivity contribution is -0.120. The van der Waals surface area contributed by atoms with Crippen LogP contribution in [0, 0.1) is 11.3 Å². The molecule has 0 saturated carbocycles. The number of anilines is 1. The number of hydrogen-bond acceptors (Lipinski definition) is 3. The van der Waals surface area contributed by atoms with E-state index in [1.165, 1.54) is 0 Å². The number of carbonyl (C=O) groups is 1. The topological polar surface area (TPSA) is 56.1 Å². The average molecular weight is 273 g/mol. The highest BCUT2D eigenvalue weighted by Gasteiger charge is 2.12. The summed E-state index contributed by atoms with van der Waals surface area (Å²) in [6.07, 6.45) is 2.44. The molecule has 4 heteroatoms. The second kappa shape index (κ2) is 8.98. The molecule has 0 aliphatic rings. The van der Waals surface area contributed by atoms with Crippen LogP contribution in [0.1, 0.15) is 33.1 Å². The lowest BCUT2D eigenvalue weighted by Crippen LogP contribution is -2.41. The van der Waals surface area contributed by atoms with Crippen LogP contribution in [0.2, 0.25) is 0 Å². The molecule has 0 spiro atoms. The maximum Gasteiger partial charge on any atom is 0.239 e. The molecule has 0 fully saturated rings. The van der Waals surface area contributed by atoms with E-state index in [4.69, 9.17) is 5.26 Å². The fraction of sp³-hybridized carbons (Fsp3) is 0.500. The van der Waals surface area contributed by atoms with Crippen molar-refractivity contribution in [3.8, 4) is 6.07 Å². The Labute approximate surface area is 121 Å². The molecule has 4 nitrogen and oxygen atoms in total. The number of carbonyl (C=O) groups excluding carboxylic acids is 1. The molecule has 0 radical (unpaired) electrons. The highest BCUT2D eigenvalue weighted by atomic mass is 16.2. The van der Waals surface area contributed by atoms with Gasteiger partial charge in [-0.05, 0) is 25.5 Å². The van der Waals surface area contributed by atoms with Gasteiger partial charge in [0, 0.05) is 18.3 Å². The summed E-state index contributed by atoms with van der Waals surface area (Å²) < 4.78 is 0. The van der Waals surface area contributed by atoms with E-state index < -0.39 is 0 Å². The lowest BCUT2D eigenvalue weighted by Gasteiger charge is -2.24. The van der Waals surface area contributed by atoms with Crippen molar-refractivity contribution in [2.24, 2.45) is 0 Å². The third-order valence-corrected chi connectivity index (χ3v) is 3.08. The molecule has 108 valence electrons. The smallest absolute Gasteiger partial charge is 0.239 e. The van der Waals surface area contributed by atoms with Crippen molar-refractivity contribution < 1.29 is 4.79 Å². The molecule has 1 unspecified atom stereocenters. The predicted octanol–water partition coefficient (Wildman–Crippen LogP) is 2.71. The van der Waals surface area contributed by atoms with Crippen LogP contribution in [0.5, 0.6) is 0 Å². The zero-order valence-electron chi connectivity index (χ0n) is 12.3. The van der Waals surface area contributed by atoms with Gasteiger partial charge in [0.1, 0.15) is 0 Å². The normalized spacial score (nSPS) is 11.4. The molecule has 0 aromatic heterocycles. The van der Waals surface area contributed by atoms with Crippen LogP contribution in [0.15, 0.2) is 30.3 Å². The fourth-order valence-corrected chi connectivity index (χ4v) is 2.12. The van der Waals surface area contributed by atoms with Crippen LogP contribution in [-0.4, -0.2) is 25.0 Å². The van der Waals surface area contributed by atoms with Crippen LogP contribution in [-0.2, 0) is 4.79 Å². The molecule has 0 bridgehead atoms. The van der Waals surface area contributed by atoms with E-state index in [0.717, 1.165) is 18.5 Å². The fourth-order valence-electron chi connectivity index (χ4n) is 2.12. The summed E-state index contributed by atoms with van der Waals surface area (Å²) >= 11 is 0. The summed E-state index contributed by atoms with van der Waals surface area (Å²) in [6, 6.07) is 12.1. The monoisotopic (exact) mass is 273 g/mol. The first-order valence-electron chi connectivity index (χ1n) is 7.13. The minimum absolute atomic E-state index is 0.00717. The molecule has 0 saturated heterocycles. The summed E-state index contributed by atoms with van der Waals surface area (Å²) in [5.41, 5.74) is 0.973. The zero-order valence-corrected chi connectivity index (χ0v) is 12.3. The van der Waals surface area contributed by atoms with E-state index in [1.54, 1.807) is 0 Å². The van der Waals surface area contributed by atoms with E-state index in [9.17, 15) is 4.79 Å². The molecular weight excluding hydrogens is 250 g/mol. The highest BCUT2D eigenvalue weighted by Crippen LogP contribution is 2.13. The van der Waals surface area contributed by atoms with Crippen molar-refractivity contribution >= 4 is 11.6 Å². The third kappa shape index (κ3) is 5.75. The summed E-state index contributed by atoms with van der Waals surface area (Å²) in [5.74, 6) is 0.00717. The van der Waals surface area contributed by atoms with Gasteiger partial charge in [0.25, 0.3) is 0 Å². The van der Waals surface area contributed by atoms with Gasteiger partial charge in [-0.25, -0.2) is 0 Å². The SMILES string of the molecule is CCCC(C)NC(=O)CN(CCC#N)c1ccccc1. The van der Waals surface area contributed by atoms with Gasteiger partial charge in [0.05, 0.1) is 19.0 Å². The number of nitrogens with one attached hydrogen (secondary N) is 1. The van der Waals surface area contributed by atoms with Gasteiger partial charge in [-0.1, -0.05) is 31.5 Å². The van der Waals surface area contributed by atoms with Crippen LogP contribution in [0.3, 0.4) is 0 Å². The van der Waals surface area contributed by atoms with Crippen molar-refractivity contribution in [2.75, 3.05) is 18.0 Å². The molecule has 1 rings (SSSR count). The predicted molar refractivity (Wildman–Crippen MR) is 81.4 cm³/mol. The van der Waals surface area contributed by atoms with Crippen molar-refractivity contribution in [1.29, 1.82) is 5.26 Å².